The van der Waals surface area contributed by atoms with Crippen LogP contribution >= 0.6 is 0 Å². The number of hydrogen-bond acceptors (Lipinski definition) is 4. The van der Waals surface area contributed by atoms with Crippen molar-refractivity contribution in [1.82, 2.24) is 0 Å². The fraction of sp³-hybridized carbons (Fsp3) is 1.00. The summed E-state index contributed by atoms with van der Waals surface area (Å²) in [6.45, 7) is 4.52. The van der Waals surface area contributed by atoms with Gasteiger partial charge in [0.2, 0.25) is 0 Å². The second-order valence-electron chi connectivity index (χ2n) is 4.01. The Labute approximate surface area is 85.2 Å². The molecular weight excluding hydrogens is 184 g/mol. The Balaban J connectivity index is 2.66. The van der Waals surface area contributed by atoms with Gasteiger partial charge >= 0.3 is 0 Å². The molecule has 0 amide bonds. The van der Waals surface area contributed by atoms with Crippen LogP contribution in [-0.2, 0) is 14.2 Å². The van der Waals surface area contributed by atoms with Crippen LogP contribution < -0.4 is 0 Å². The van der Waals surface area contributed by atoms with Gasteiger partial charge in [-0.15, -0.1) is 0 Å². The van der Waals surface area contributed by atoms with Crippen LogP contribution in [0.15, 0.2) is 0 Å². The lowest BCUT2D eigenvalue weighted by Gasteiger charge is -2.40. The van der Waals surface area contributed by atoms with E-state index in [1.807, 2.05) is 13.8 Å². The first-order valence-electron chi connectivity index (χ1n) is 4.97. The van der Waals surface area contributed by atoms with Crippen molar-refractivity contribution < 1.29 is 19.3 Å². The molecule has 1 N–H and O–H groups in total. The maximum Gasteiger partial charge on any atom is 0.114 e. The third-order valence-corrected chi connectivity index (χ3v) is 2.72. The molecule has 4 atom stereocenters. The van der Waals surface area contributed by atoms with Gasteiger partial charge in [0, 0.05) is 14.2 Å². The summed E-state index contributed by atoms with van der Waals surface area (Å²) in [5.74, 6) is 0.278. The molecule has 4 nitrogen and oxygen atoms in total. The summed E-state index contributed by atoms with van der Waals surface area (Å²) in [4.78, 5) is 0. The maximum atomic E-state index is 9.97. The summed E-state index contributed by atoms with van der Waals surface area (Å²) >= 11 is 0. The topological polar surface area (TPSA) is 47.9 Å². The van der Waals surface area contributed by atoms with Crippen LogP contribution in [0.25, 0.3) is 0 Å². The van der Waals surface area contributed by atoms with Gasteiger partial charge in [-0.05, 0) is 5.92 Å². The molecule has 14 heavy (non-hydrogen) atoms. The van der Waals surface area contributed by atoms with Crippen molar-refractivity contribution in [3.8, 4) is 0 Å². The molecule has 0 aromatic carbocycles. The van der Waals surface area contributed by atoms with Crippen LogP contribution in [0.4, 0.5) is 0 Å². The third-order valence-electron chi connectivity index (χ3n) is 2.72. The van der Waals surface area contributed by atoms with E-state index in [4.69, 9.17) is 14.2 Å². The van der Waals surface area contributed by atoms with E-state index in [0.717, 1.165) is 0 Å². The molecule has 0 saturated carbocycles. The molecule has 1 heterocycles. The van der Waals surface area contributed by atoms with Gasteiger partial charge in [0.15, 0.2) is 0 Å². The second kappa shape index (κ2) is 5.07. The van der Waals surface area contributed by atoms with E-state index in [-0.39, 0.29) is 24.2 Å². The summed E-state index contributed by atoms with van der Waals surface area (Å²) in [7, 11) is 3.19. The van der Waals surface area contributed by atoms with E-state index in [1.165, 1.54) is 0 Å². The standard InChI is InChI=1S/C10H20O4/c1-6(2)9-8(11)10(13-4)7(12-3)5-14-9/h6-11H,5H2,1-4H3/t7-,8+,9?,10+/m1/s1. The predicted octanol–water partition coefficient (Wildman–Crippen LogP) is 0.432. The van der Waals surface area contributed by atoms with E-state index in [2.05, 4.69) is 0 Å². The first-order chi connectivity index (χ1) is 6.61. The predicted molar refractivity (Wildman–Crippen MR) is 52.2 cm³/mol. The third kappa shape index (κ3) is 2.25. The van der Waals surface area contributed by atoms with Crippen LogP contribution in [0.2, 0.25) is 0 Å². The van der Waals surface area contributed by atoms with Crippen LogP contribution in [0.5, 0.6) is 0 Å². The second-order valence-corrected chi connectivity index (χ2v) is 4.01. The average molecular weight is 204 g/mol. The molecule has 0 aromatic rings. The first kappa shape index (κ1) is 11.9. The van der Waals surface area contributed by atoms with E-state index in [0.29, 0.717) is 6.61 Å². The number of aliphatic hydroxyl groups is 1. The Morgan fingerprint density at radius 2 is 1.93 bits per heavy atom. The Bertz CT molecular complexity index is 172. The lowest BCUT2D eigenvalue weighted by molar-refractivity contribution is -0.212. The number of hydrogen-bond donors (Lipinski definition) is 1. The summed E-state index contributed by atoms with van der Waals surface area (Å²) in [6.07, 6.45) is -1.24. The Morgan fingerprint density at radius 3 is 2.36 bits per heavy atom. The lowest BCUT2D eigenvalue weighted by Crippen LogP contribution is -2.55. The first-order valence-corrected chi connectivity index (χ1v) is 4.97. The smallest absolute Gasteiger partial charge is 0.114 e. The minimum atomic E-state index is -0.612. The van der Waals surface area contributed by atoms with Gasteiger partial charge in [0.25, 0.3) is 0 Å². The van der Waals surface area contributed by atoms with Crippen LogP contribution in [-0.4, -0.2) is 50.3 Å². The van der Waals surface area contributed by atoms with Crippen LogP contribution in [0.3, 0.4) is 0 Å². The van der Waals surface area contributed by atoms with Gasteiger partial charge in [0.1, 0.15) is 18.3 Å². The molecule has 0 radical (unpaired) electrons. The number of ether oxygens (including phenoxy) is 3. The van der Waals surface area contributed by atoms with Crippen molar-refractivity contribution in [1.29, 1.82) is 0 Å². The molecule has 0 aliphatic carbocycles. The molecule has 0 spiro atoms. The molecule has 0 aromatic heterocycles. The molecule has 1 rings (SSSR count). The van der Waals surface area contributed by atoms with Crippen molar-refractivity contribution in [2.75, 3.05) is 20.8 Å². The molecule has 1 aliphatic rings. The molecule has 1 unspecified atom stereocenters. The largest absolute Gasteiger partial charge is 0.388 e. The van der Waals surface area contributed by atoms with Gasteiger partial charge in [-0.25, -0.2) is 0 Å². The fourth-order valence-corrected chi connectivity index (χ4v) is 1.89. The summed E-state index contributed by atoms with van der Waals surface area (Å²) in [5, 5.41) is 9.97. The SMILES string of the molecule is CO[C@H]1[C@H](OC)COC(C(C)C)[C@@H]1O. The Kier molecular flexibility index (Phi) is 4.31. The van der Waals surface area contributed by atoms with Gasteiger partial charge in [0.05, 0.1) is 12.7 Å². The quantitative estimate of drug-likeness (QED) is 0.724. The monoisotopic (exact) mass is 204 g/mol. The van der Waals surface area contributed by atoms with E-state index < -0.39 is 6.10 Å². The molecular formula is C10H20O4. The van der Waals surface area contributed by atoms with Crippen LogP contribution in [0.1, 0.15) is 13.8 Å². The molecule has 0 bridgehead atoms. The van der Waals surface area contributed by atoms with Crippen molar-refractivity contribution in [2.24, 2.45) is 5.92 Å². The van der Waals surface area contributed by atoms with Crippen molar-refractivity contribution >= 4 is 0 Å². The molecule has 1 fully saturated rings. The van der Waals surface area contributed by atoms with E-state index >= 15 is 0 Å². The molecule has 1 aliphatic heterocycles. The Morgan fingerprint density at radius 1 is 1.29 bits per heavy atom. The highest BCUT2D eigenvalue weighted by molar-refractivity contribution is 4.89. The zero-order valence-electron chi connectivity index (χ0n) is 9.27. The van der Waals surface area contributed by atoms with Gasteiger partial charge < -0.3 is 19.3 Å². The van der Waals surface area contributed by atoms with Crippen molar-refractivity contribution in [3.05, 3.63) is 0 Å². The zero-order valence-corrected chi connectivity index (χ0v) is 9.27. The molecule has 4 heteroatoms. The molecule has 84 valence electrons. The van der Waals surface area contributed by atoms with E-state index in [9.17, 15) is 5.11 Å². The normalized spacial score (nSPS) is 39.0. The minimum Gasteiger partial charge on any atom is -0.388 e. The molecule has 1 saturated heterocycles. The highest BCUT2D eigenvalue weighted by Gasteiger charge is 2.40. The lowest BCUT2D eigenvalue weighted by atomic mass is 9.92. The summed E-state index contributed by atoms with van der Waals surface area (Å²) in [6, 6.07) is 0. The van der Waals surface area contributed by atoms with Gasteiger partial charge in [-0.1, -0.05) is 13.8 Å². The van der Waals surface area contributed by atoms with Gasteiger partial charge in [-0.2, -0.15) is 0 Å². The van der Waals surface area contributed by atoms with Gasteiger partial charge in [-0.3, -0.25) is 0 Å². The van der Waals surface area contributed by atoms with Crippen molar-refractivity contribution in [2.45, 2.75) is 38.3 Å². The highest BCUT2D eigenvalue weighted by Crippen LogP contribution is 2.24. The highest BCUT2D eigenvalue weighted by atomic mass is 16.6. The Hall–Kier alpha value is -0.160. The minimum absolute atomic E-state index is 0.161. The number of methoxy groups -OCH3 is 2. The van der Waals surface area contributed by atoms with E-state index in [1.54, 1.807) is 14.2 Å². The zero-order chi connectivity index (χ0) is 10.7. The average Bonchev–Trinajstić information content (AvgIpc) is 2.16. The maximum absolute atomic E-state index is 9.97. The fourth-order valence-electron chi connectivity index (χ4n) is 1.89. The number of rotatable bonds is 3. The summed E-state index contributed by atoms with van der Waals surface area (Å²) in [5.41, 5.74) is 0. The van der Waals surface area contributed by atoms with Crippen molar-refractivity contribution in [3.63, 3.8) is 0 Å². The summed E-state index contributed by atoms with van der Waals surface area (Å²) < 4.78 is 15.9. The van der Waals surface area contributed by atoms with Crippen LogP contribution in [0, 0.1) is 5.92 Å². The number of aliphatic hydroxyl groups excluding tert-OH is 1.